The van der Waals surface area contributed by atoms with Crippen molar-refractivity contribution in [3.63, 3.8) is 0 Å². The molecule has 0 bridgehead atoms. The maximum atomic E-state index is 12.2. The van der Waals surface area contributed by atoms with Crippen molar-refractivity contribution < 1.29 is 9.53 Å². The van der Waals surface area contributed by atoms with E-state index in [0.717, 1.165) is 11.3 Å². The average Bonchev–Trinajstić information content (AvgIpc) is 2.55. The molecule has 0 aromatic heterocycles. The van der Waals surface area contributed by atoms with Gasteiger partial charge in [0.25, 0.3) is 5.91 Å². The minimum atomic E-state index is -0.436. The van der Waals surface area contributed by atoms with Crippen LogP contribution in [-0.4, -0.2) is 12.0 Å². The summed E-state index contributed by atoms with van der Waals surface area (Å²) in [5.41, 5.74) is 1.47. The van der Waals surface area contributed by atoms with Gasteiger partial charge in [-0.1, -0.05) is 30.3 Å². The molecule has 1 N–H and O–H groups in total. The van der Waals surface area contributed by atoms with Crippen molar-refractivity contribution in [2.75, 3.05) is 5.32 Å². The molecule has 2 aromatic rings. The van der Waals surface area contributed by atoms with Crippen molar-refractivity contribution in [1.29, 1.82) is 5.26 Å². The molecule has 0 heterocycles. The van der Waals surface area contributed by atoms with Crippen LogP contribution >= 0.6 is 0 Å². The number of nitriles is 1. The summed E-state index contributed by atoms with van der Waals surface area (Å²) >= 11 is 0. The van der Waals surface area contributed by atoms with E-state index in [4.69, 9.17) is 4.74 Å². The highest BCUT2D eigenvalue weighted by Crippen LogP contribution is 2.17. The molecule has 2 aromatic carbocycles. The fourth-order valence-electron chi connectivity index (χ4n) is 1.95. The van der Waals surface area contributed by atoms with Crippen LogP contribution in [0, 0.1) is 11.3 Å². The number of carbonyl (C=O) groups excluding carboxylic acids is 1. The van der Waals surface area contributed by atoms with Crippen LogP contribution in [-0.2, 0) is 4.79 Å². The van der Waals surface area contributed by atoms with Crippen molar-refractivity contribution in [2.24, 2.45) is 0 Å². The summed E-state index contributed by atoms with van der Waals surface area (Å²) < 4.78 is 5.55. The molecular formula is C19H18N2O2. The standard InChI is InChI=1S/C19H18N2O2/c1-14(2)23-18-10-8-17(9-11-18)21-19(22)16(13-20)12-15-6-4-3-5-7-15/h3-12,14H,1-2H3,(H,21,22). The van der Waals surface area contributed by atoms with E-state index in [0.29, 0.717) is 5.69 Å². The second-order valence-corrected chi connectivity index (χ2v) is 5.23. The topological polar surface area (TPSA) is 62.1 Å². The highest BCUT2D eigenvalue weighted by atomic mass is 16.5. The SMILES string of the molecule is CC(C)Oc1ccc(NC(=O)C(C#N)=Cc2ccccc2)cc1. The minimum Gasteiger partial charge on any atom is -0.491 e. The number of carbonyl (C=O) groups is 1. The van der Waals surface area contributed by atoms with Crippen molar-refractivity contribution in [2.45, 2.75) is 20.0 Å². The van der Waals surface area contributed by atoms with Crippen molar-refractivity contribution in [3.8, 4) is 11.8 Å². The van der Waals surface area contributed by atoms with Crippen molar-refractivity contribution in [1.82, 2.24) is 0 Å². The third kappa shape index (κ3) is 5.01. The van der Waals surface area contributed by atoms with Gasteiger partial charge in [0.05, 0.1) is 6.10 Å². The molecule has 23 heavy (non-hydrogen) atoms. The Bertz CT molecular complexity index is 726. The molecule has 2 rings (SSSR count). The van der Waals surface area contributed by atoms with Crippen LogP contribution in [0.1, 0.15) is 19.4 Å². The number of amides is 1. The molecule has 1 amide bonds. The van der Waals surface area contributed by atoms with E-state index in [1.165, 1.54) is 0 Å². The van der Waals surface area contributed by atoms with Crippen LogP contribution in [0.15, 0.2) is 60.2 Å². The monoisotopic (exact) mass is 306 g/mol. The number of ether oxygens (including phenoxy) is 1. The van der Waals surface area contributed by atoms with Gasteiger partial charge in [-0.05, 0) is 49.8 Å². The third-order valence-corrected chi connectivity index (χ3v) is 2.96. The summed E-state index contributed by atoms with van der Waals surface area (Å²) in [6.45, 7) is 3.90. The lowest BCUT2D eigenvalue weighted by Gasteiger charge is -2.10. The van der Waals surface area contributed by atoms with Crippen LogP contribution in [0.5, 0.6) is 5.75 Å². The van der Waals surface area contributed by atoms with Gasteiger partial charge in [-0.25, -0.2) is 0 Å². The van der Waals surface area contributed by atoms with E-state index >= 15 is 0 Å². The zero-order valence-corrected chi connectivity index (χ0v) is 13.1. The number of hydrogen-bond donors (Lipinski definition) is 1. The Hall–Kier alpha value is -3.06. The largest absolute Gasteiger partial charge is 0.491 e. The van der Waals surface area contributed by atoms with E-state index in [1.807, 2.05) is 50.2 Å². The van der Waals surface area contributed by atoms with Gasteiger partial charge in [0.15, 0.2) is 0 Å². The van der Waals surface area contributed by atoms with Crippen LogP contribution in [0.2, 0.25) is 0 Å². The Morgan fingerprint density at radius 2 is 1.78 bits per heavy atom. The van der Waals surface area contributed by atoms with Crippen LogP contribution in [0.25, 0.3) is 6.08 Å². The van der Waals surface area contributed by atoms with Gasteiger partial charge in [-0.15, -0.1) is 0 Å². The molecular weight excluding hydrogens is 288 g/mol. The highest BCUT2D eigenvalue weighted by Gasteiger charge is 2.09. The maximum absolute atomic E-state index is 12.2. The molecule has 0 aliphatic rings. The Kier molecular flexibility index (Phi) is 5.54. The minimum absolute atomic E-state index is 0.0544. The zero-order valence-electron chi connectivity index (χ0n) is 13.1. The number of nitrogens with one attached hydrogen (secondary N) is 1. The molecule has 0 saturated carbocycles. The number of nitrogens with zero attached hydrogens (tertiary/aromatic N) is 1. The molecule has 0 spiro atoms. The summed E-state index contributed by atoms with van der Waals surface area (Å²) in [6, 6.07) is 18.2. The predicted octanol–water partition coefficient (Wildman–Crippen LogP) is 4.02. The molecule has 0 saturated heterocycles. The summed E-state index contributed by atoms with van der Waals surface area (Å²) in [7, 11) is 0. The first-order valence-electron chi connectivity index (χ1n) is 7.33. The Balaban J connectivity index is 2.08. The summed E-state index contributed by atoms with van der Waals surface area (Å²) in [6.07, 6.45) is 1.65. The fourth-order valence-corrected chi connectivity index (χ4v) is 1.95. The highest BCUT2D eigenvalue weighted by molar-refractivity contribution is 6.09. The first kappa shape index (κ1) is 16.3. The molecule has 4 heteroatoms. The van der Waals surface area contributed by atoms with E-state index in [2.05, 4.69) is 5.32 Å². The van der Waals surface area contributed by atoms with Gasteiger partial charge in [-0.2, -0.15) is 5.26 Å². The van der Waals surface area contributed by atoms with Crippen LogP contribution < -0.4 is 10.1 Å². The normalized spacial score (nSPS) is 11.0. The number of benzene rings is 2. The maximum Gasteiger partial charge on any atom is 0.266 e. The van der Waals surface area contributed by atoms with E-state index < -0.39 is 5.91 Å². The summed E-state index contributed by atoms with van der Waals surface area (Å²) in [5.74, 6) is 0.298. The van der Waals surface area contributed by atoms with E-state index in [1.54, 1.807) is 30.3 Å². The van der Waals surface area contributed by atoms with Gasteiger partial charge < -0.3 is 10.1 Å². The van der Waals surface area contributed by atoms with E-state index in [-0.39, 0.29) is 11.7 Å². The smallest absolute Gasteiger partial charge is 0.266 e. The molecule has 4 nitrogen and oxygen atoms in total. The Morgan fingerprint density at radius 1 is 1.13 bits per heavy atom. The van der Waals surface area contributed by atoms with E-state index in [9.17, 15) is 10.1 Å². The van der Waals surface area contributed by atoms with Gasteiger partial charge >= 0.3 is 0 Å². The Morgan fingerprint density at radius 3 is 2.35 bits per heavy atom. The quantitative estimate of drug-likeness (QED) is 0.670. The lowest BCUT2D eigenvalue weighted by Crippen LogP contribution is -2.13. The van der Waals surface area contributed by atoms with Crippen molar-refractivity contribution in [3.05, 3.63) is 65.7 Å². The first-order chi connectivity index (χ1) is 11.1. The molecule has 0 atom stereocenters. The van der Waals surface area contributed by atoms with Crippen LogP contribution in [0.4, 0.5) is 5.69 Å². The second-order valence-electron chi connectivity index (χ2n) is 5.23. The molecule has 0 aliphatic carbocycles. The van der Waals surface area contributed by atoms with Crippen LogP contribution in [0.3, 0.4) is 0 Å². The van der Waals surface area contributed by atoms with Gasteiger partial charge in [-0.3, -0.25) is 4.79 Å². The number of hydrogen-bond acceptors (Lipinski definition) is 3. The van der Waals surface area contributed by atoms with Crippen molar-refractivity contribution >= 4 is 17.7 Å². The molecule has 0 radical (unpaired) electrons. The van der Waals surface area contributed by atoms with Gasteiger partial charge in [0, 0.05) is 5.69 Å². The Labute approximate surface area is 136 Å². The third-order valence-electron chi connectivity index (χ3n) is 2.96. The summed E-state index contributed by atoms with van der Waals surface area (Å²) in [5, 5.41) is 11.9. The lowest BCUT2D eigenvalue weighted by molar-refractivity contribution is -0.112. The first-order valence-corrected chi connectivity index (χ1v) is 7.33. The fraction of sp³-hybridized carbons (Fsp3) is 0.158. The van der Waals surface area contributed by atoms with Gasteiger partial charge in [0.1, 0.15) is 17.4 Å². The average molecular weight is 306 g/mol. The molecule has 0 aliphatic heterocycles. The molecule has 0 fully saturated rings. The molecule has 116 valence electrons. The summed E-state index contributed by atoms with van der Waals surface area (Å²) in [4.78, 5) is 12.2. The lowest BCUT2D eigenvalue weighted by atomic mass is 10.1. The predicted molar refractivity (Wildman–Crippen MR) is 90.9 cm³/mol. The molecule has 0 unspecified atom stereocenters. The van der Waals surface area contributed by atoms with Gasteiger partial charge in [0.2, 0.25) is 0 Å². The zero-order chi connectivity index (χ0) is 16.7. The second kappa shape index (κ2) is 7.81. The number of rotatable bonds is 5. The number of anilines is 1.